The van der Waals surface area contributed by atoms with Crippen LogP contribution in [0.15, 0.2) is 36.4 Å². The highest BCUT2D eigenvalue weighted by Crippen LogP contribution is 2.27. The van der Waals surface area contributed by atoms with Gasteiger partial charge in [-0.25, -0.2) is 4.39 Å². The molecule has 0 aliphatic heterocycles. The van der Waals surface area contributed by atoms with Crippen LogP contribution in [0.3, 0.4) is 0 Å². The number of hydrogen-bond donors (Lipinski definition) is 1. The highest BCUT2D eigenvalue weighted by Gasteiger charge is 2.11. The minimum Gasteiger partial charge on any atom is -0.488 e. The molecule has 0 bridgehead atoms. The predicted octanol–water partition coefficient (Wildman–Crippen LogP) is 4.65. The molecular formula is C17H19ClFNO. The zero-order valence-corrected chi connectivity index (χ0v) is 13.2. The molecule has 2 aromatic rings. The van der Waals surface area contributed by atoms with Crippen molar-refractivity contribution in [3.05, 3.63) is 63.9 Å². The molecule has 112 valence electrons. The summed E-state index contributed by atoms with van der Waals surface area (Å²) in [7, 11) is 1.90. The van der Waals surface area contributed by atoms with E-state index in [9.17, 15) is 4.39 Å². The Bertz CT molecular complexity index is 630. The number of hydrogen-bond acceptors (Lipinski definition) is 2. The molecule has 0 aromatic heterocycles. The lowest BCUT2D eigenvalue weighted by atomic mass is 10.0. The smallest absolute Gasteiger partial charge is 0.129 e. The van der Waals surface area contributed by atoms with E-state index in [4.69, 9.17) is 16.3 Å². The Labute approximate surface area is 129 Å². The summed E-state index contributed by atoms with van der Waals surface area (Å²) in [6, 6.07) is 10.6. The van der Waals surface area contributed by atoms with Gasteiger partial charge in [0.15, 0.2) is 0 Å². The number of benzene rings is 2. The normalized spacial score (nSPS) is 12.2. The molecule has 0 heterocycles. The summed E-state index contributed by atoms with van der Waals surface area (Å²) in [4.78, 5) is 0. The van der Waals surface area contributed by atoms with Gasteiger partial charge in [-0.3, -0.25) is 0 Å². The highest BCUT2D eigenvalue weighted by atomic mass is 35.5. The lowest BCUT2D eigenvalue weighted by molar-refractivity contribution is 0.294. The number of halogens is 2. The number of rotatable bonds is 5. The van der Waals surface area contributed by atoms with Crippen LogP contribution < -0.4 is 10.1 Å². The second kappa shape index (κ2) is 6.92. The zero-order valence-electron chi connectivity index (χ0n) is 12.4. The maximum absolute atomic E-state index is 13.7. The van der Waals surface area contributed by atoms with Gasteiger partial charge in [-0.1, -0.05) is 29.3 Å². The van der Waals surface area contributed by atoms with Crippen LogP contribution in [0.4, 0.5) is 4.39 Å². The quantitative estimate of drug-likeness (QED) is 0.868. The Kier molecular flexibility index (Phi) is 5.21. The van der Waals surface area contributed by atoms with Crippen molar-refractivity contribution < 1.29 is 9.13 Å². The van der Waals surface area contributed by atoms with Crippen LogP contribution in [-0.2, 0) is 6.61 Å². The maximum atomic E-state index is 13.7. The van der Waals surface area contributed by atoms with E-state index in [-0.39, 0.29) is 18.5 Å². The molecule has 0 spiro atoms. The van der Waals surface area contributed by atoms with Crippen LogP contribution in [-0.4, -0.2) is 7.05 Å². The lowest BCUT2D eigenvalue weighted by Crippen LogP contribution is -2.14. The summed E-state index contributed by atoms with van der Waals surface area (Å²) >= 11 is 5.89. The number of nitrogens with one attached hydrogen (secondary N) is 1. The van der Waals surface area contributed by atoms with E-state index >= 15 is 0 Å². The standard InChI is InChI=1S/C17H19ClFNO/c1-11-4-7-17(15(8-11)12(2)20-3)21-10-13-9-14(18)5-6-16(13)19/h4-9,12,20H,10H2,1-3H3. The molecule has 2 nitrogen and oxygen atoms in total. The molecule has 1 N–H and O–H groups in total. The topological polar surface area (TPSA) is 21.3 Å². The van der Waals surface area contributed by atoms with Gasteiger partial charge in [0.1, 0.15) is 18.2 Å². The average molecular weight is 308 g/mol. The number of aryl methyl sites for hydroxylation is 1. The summed E-state index contributed by atoms with van der Waals surface area (Å²) in [6.45, 7) is 4.24. The van der Waals surface area contributed by atoms with Gasteiger partial charge in [0.05, 0.1) is 0 Å². The van der Waals surface area contributed by atoms with E-state index in [2.05, 4.69) is 18.3 Å². The molecule has 0 amide bonds. The van der Waals surface area contributed by atoms with Crippen molar-refractivity contribution in [3.8, 4) is 5.75 Å². The van der Waals surface area contributed by atoms with Crippen LogP contribution in [0.25, 0.3) is 0 Å². The summed E-state index contributed by atoms with van der Waals surface area (Å²) in [6.07, 6.45) is 0. The SMILES string of the molecule is CNC(C)c1cc(C)ccc1OCc1cc(Cl)ccc1F. The minimum atomic E-state index is -0.310. The van der Waals surface area contributed by atoms with Gasteiger partial charge in [-0.15, -0.1) is 0 Å². The zero-order chi connectivity index (χ0) is 15.4. The third-order valence-corrected chi connectivity index (χ3v) is 3.69. The Balaban J connectivity index is 2.21. The second-order valence-corrected chi connectivity index (χ2v) is 5.51. The molecule has 1 unspecified atom stereocenters. The van der Waals surface area contributed by atoms with Crippen molar-refractivity contribution in [2.24, 2.45) is 0 Å². The van der Waals surface area contributed by atoms with Crippen molar-refractivity contribution in [1.82, 2.24) is 5.32 Å². The first-order valence-corrected chi connectivity index (χ1v) is 7.23. The Morgan fingerprint density at radius 1 is 1.24 bits per heavy atom. The fourth-order valence-corrected chi connectivity index (χ4v) is 2.30. The van der Waals surface area contributed by atoms with Gasteiger partial charge in [0.25, 0.3) is 0 Å². The molecule has 0 aliphatic rings. The van der Waals surface area contributed by atoms with Crippen LogP contribution >= 0.6 is 11.6 Å². The first-order valence-electron chi connectivity index (χ1n) is 6.86. The van der Waals surface area contributed by atoms with Gasteiger partial charge in [0.2, 0.25) is 0 Å². The first-order chi connectivity index (χ1) is 10.0. The monoisotopic (exact) mass is 307 g/mol. The molecule has 4 heteroatoms. The summed E-state index contributed by atoms with van der Waals surface area (Å²) < 4.78 is 19.5. The second-order valence-electron chi connectivity index (χ2n) is 5.08. The third-order valence-electron chi connectivity index (χ3n) is 3.46. The molecule has 2 rings (SSSR count). The van der Waals surface area contributed by atoms with Gasteiger partial charge in [-0.05, 0) is 45.2 Å². The largest absolute Gasteiger partial charge is 0.488 e. The fourth-order valence-electron chi connectivity index (χ4n) is 2.10. The summed E-state index contributed by atoms with van der Waals surface area (Å²) in [5, 5.41) is 3.69. The minimum absolute atomic E-state index is 0.152. The van der Waals surface area contributed by atoms with Crippen molar-refractivity contribution >= 4 is 11.6 Å². The molecule has 0 saturated carbocycles. The van der Waals surface area contributed by atoms with Crippen molar-refractivity contribution in [1.29, 1.82) is 0 Å². The summed E-state index contributed by atoms with van der Waals surface area (Å²) in [5.74, 6) is 0.441. The third kappa shape index (κ3) is 3.96. The molecule has 21 heavy (non-hydrogen) atoms. The molecule has 1 atom stereocenters. The van der Waals surface area contributed by atoms with Crippen molar-refractivity contribution in [3.63, 3.8) is 0 Å². The predicted molar refractivity (Wildman–Crippen MR) is 84.4 cm³/mol. The van der Waals surface area contributed by atoms with E-state index in [0.717, 1.165) is 16.9 Å². The molecule has 0 saturated heterocycles. The molecule has 0 fully saturated rings. The Hall–Kier alpha value is -1.58. The van der Waals surface area contributed by atoms with Gasteiger partial charge in [-0.2, -0.15) is 0 Å². The molecular weight excluding hydrogens is 289 g/mol. The van der Waals surface area contributed by atoms with Gasteiger partial charge in [0, 0.05) is 22.2 Å². The van der Waals surface area contributed by atoms with Gasteiger partial charge >= 0.3 is 0 Å². The van der Waals surface area contributed by atoms with Crippen molar-refractivity contribution in [2.45, 2.75) is 26.5 Å². The van der Waals surface area contributed by atoms with E-state index in [1.54, 1.807) is 6.07 Å². The fraction of sp³-hybridized carbons (Fsp3) is 0.294. The van der Waals surface area contributed by atoms with Crippen LogP contribution in [0.1, 0.15) is 29.7 Å². The van der Waals surface area contributed by atoms with E-state index in [1.165, 1.54) is 12.1 Å². The summed E-state index contributed by atoms with van der Waals surface area (Å²) in [5.41, 5.74) is 2.67. The van der Waals surface area contributed by atoms with Gasteiger partial charge < -0.3 is 10.1 Å². The molecule has 0 aliphatic carbocycles. The van der Waals surface area contributed by atoms with Crippen LogP contribution in [0.5, 0.6) is 5.75 Å². The molecule has 2 aromatic carbocycles. The highest BCUT2D eigenvalue weighted by molar-refractivity contribution is 6.30. The first kappa shape index (κ1) is 15.8. The van der Waals surface area contributed by atoms with Crippen LogP contribution in [0, 0.1) is 12.7 Å². The maximum Gasteiger partial charge on any atom is 0.129 e. The van der Waals surface area contributed by atoms with Crippen molar-refractivity contribution in [2.75, 3.05) is 7.05 Å². The lowest BCUT2D eigenvalue weighted by Gasteiger charge is -2.17. The molecule has 0 radical (unpaired) electrons. The average Bonchev–Trinajstić information content (AvgIpc) is 2.48. The Morgan fingerprint density at radius 2 is 2.00 bits per heavy atom. The van der Waals surface area contributed by atoms with E-state index in [0.29, 0.717) is 10.6 Å². The number of ether oxygens (including phenoxy) is 1. The van der Waals surface area contributed by atoms with E-state index in [1.807, 2.05) is 26.1 Å². The van der Waals surface area contributed by atoms with Crippen LogP contribution in [0.2, 0.25) is 5.02 Å². The Morgan fingerprint density at radius 3 is 2.71 bits per heavy atom. The van der Waals surface area contributed by atoms with E-state index < -0.39 is 0 Å².